The first-order valence-corrected chi connectivity index (χ1v) is 29.4. The molecule has 0 heterocycles. The quantitative estimate of drug-likeness (QED) is 0.0261. The molecule has 0 spiro atoms. The normalized spacial score (nSPS) is 12.9. The summed E-state index contributed by atoms with van der Waals surface area (Å²) >= 11 is 0. The van der Waals surface area contributed by atoms with Crippen LogP contribution >= 0.6 is 0 Å². The molecule has 0 bridgehead atoms. The van der Waals surface area contributed by atoms with Crippen molar-refractivity contribution in [1.82, 2.24) is 0 Å². The van der Waals surface area contributed by atoms with E-state index in [1.807, 2.05) is 6.08 Å². The molecule has 0 aromatic rings. The third-order valence-electron chi connectivity index (χ3n) is 12.3. The Kier molecular flexibility index (Phi) is 55.4. The van der Waals surface area contributed by atoms with E-state index in [4.69, 9.17) is 14.2 Å². The summed E-state index contributed by atoms with van der Waals surface area (Å²) in [5, 5.41) is 0. The van der Waals surface area contributed by atoms with Crippen molar-refractivity contribution in [3.8, 4) is 0 Å². The molecule has 0 rings (SSSR count). The summed E-state index contributed by atoms with van der Waals surface area (Å²) < 4.78 is 16.8. The van der Waals surface area contributed by atoms with Gasteiger partial charge in [-0.25, -0.2) is 0 Å². The first kappa shape index (κ1) is 67.1. The van der Waals surface area contributed by atoms with Crippen molar-refractivity contribution in [3.05, 3.63) is 109 Å². The van der Waals surface area contributed by atoms with E-state index in [1.54, 1.807) is 0 Å². The van der Waals surface area contributed by atoms with Crippen molar-refractivity contribution < 1.29 is 28.6 Å². The van der Waals surface area contributed by atoms with Gasteiger partial charge in [-0.3, -0.25) is 14.4 Å². The summed E-state index contributed by atoms with van der Waals surface area (Å²) in [6.45, 7) is 6.44. The van der Waals surface area contributed by atoms with Crippen molar-refractivity contribution >= 4 is 17.9 Å². The number of allylic oxidation sites excluding steroid dienone is 18. The molecule has 0 saturated carbocycles. The summed E-state index contributed by atoms with van der Waals surface area (Å²) in [6, 6.07) is 0. The fraction of sp³-hybridized carbons (Fsp3) is 0.677. The highest BCUT2D eigenvalue weighted by atomic mass is 16.6. The predicted octanol–water partition coefficient (Wildman–Crippen LogP) is 19.9. The molecule has 0 aromatic carbocycles. The van der Waals surface area contributed by atoms with E-state index in [0.717, 1.165) is 96.3 Å². The van der Waals surface area contributed by atoms with Crippen molar-refractivity contribution in [2.24, 2.45) is 0 Å². The highest BCUT2D eigenvalue weighted by Gasteiger charge is 2.19. The molecule has 0 aliphatic carbocycles. The molecule has 0 aliphatic rings. The van der Waals surface area contributed by atoms with Gasteiger partial charge >= 0.3 is 17.9 Å². The molecular weight excluding hydrogens is 877 g/mol. The van der Waals surface area contributed by atoms with Gasteiger partial charge in [-0.1, -0.05) is 259 Å². The summed E-state index contributed by atoms with van der Waals surface area (Å²) in [5.74, 6) is -1.00. The topological polar surface area (TPSA) is 78.9 Å². The van der Waals surface area contributed by atoms with E-state index < -0.39 is 12.1 Å². The van der Waals surface area contributed by atoms with Crippen molar-refractivity contribution in [2.45, 2.75) is 271 Å². The molecule has 0 amide bonds. The van der Waals surface area contributed by atoms with E-state index in [2.05, 4.69) is 124 Å². The molecule has 71 heavy (non-hydrogen) atoms. The zero-order valence-electron chi connectivity index (χ0n) is 46.2. The molecular formula is C65H108O6. The zero-order valence-corrected chi connectivity index (χ0v) is 46.2. The third kappa shape index (κ3) is 56.9. The Labute approximate surface area is 438 Å². The minimum Gasteiger partial charge on any atom is -0.462 e. The molecule has 6 nitrogen and oxygen atoms in total. The molecule has 1 unspecified atom stereocenters. The van der Waals surface area contributed by atoms with Gasteiger partial charge in [-0.05, 0) is 96.3 Å². The Bertz CT molecular complexity index is 1460. The SMILES string of the molecule is CC/C=C\C/C=C\C/C=C\C/C=C\C/C=C\C/C=C\CCC(=O)OC(COC(=O)CCCCCCCCCC/C=C\C/C=C\C/C=C\CCCCCCC)COC(=O)CCCCCCCCCCCCC. The average molecular weight is 986 g/mol. The van der Waals surface area contributed by atoms with Crippen LogP contribution in [-0.4, -0.2) is 37.2 Å². The fourth-order valence-corrected chi connectivity index (χ4v) is 7.89. The summed E-state index contributed by atoms with van der Waals surface area (Å²) in [7, 11) is 0. The van der Waals surface area contributed by atoms with Crippen LogP contribution in [0, 0.1) is 0 Å². The Balaban J connectivity index is 4.44. The van der Waals surface area contributed by atoms with E-state index in [9.17, 15) is 14.4 Å². The number of carbonyl (C=O) groups excluding carboxylic acids is 3. The molecule has 0 radical (unpaired) electrons. The smallest absolute Gasteiger partial charge is 0.306 e. The lowest BCUT2D eigenvalue weighted by molar-refractivity contribution is -0.166. The van der Waals surface area contributed by atoms with Gasteiger partial charge in [0.15, 0.2) is 6.10 Å². The number of unbranched alkanes of at least 4 members (excludes halogenated alkanes) is 23. The molecule has 0 aliphatic heterocycles. The maximum Gasteiger partial charge on any atom is 0.306 e. The first-order valence-electron chi connectivity index (χ1n) is 29.4. The molecule has 404 valence electrons. The van der Waals surface area contributed by atoms with Crippen LogP contribution in [0.4, 0.5) is 0 Å². The number of esters is 3. The highest BCUT2D eigenvalue weighted by Crippen LogP contribution is 2.14. The van der Waals surface area contributed by atoms with Crippen LogP contribution in [0.5, 0.6) is 0 Å². The van der Waals surface area contributed by atoms with Gasteiger partial charge in [0.25, 0.3) is 0 Å². The second-order valence-electron chi connectivity index (χ2n) is 19.2. The molecule has 0 fully saturated rings. The minimum atomic E-state index is -0.822. The Morgan fingerprint density at radius 2 is 0.577 bits per heavy atom. The largest absolute Gasteiger partial charge is 0.462 e. The van der Waals surface area contributed by atoms with E-state index in [0.29, 0.717) is 19.3 Å². The van der Waals surface area contributed by atoms with Crippen LogP contribution in [-0.2, 0) is 28.6 Å². The number of carbonyl (C=O) groups is 3. The maximum absolute atomic E-state index is 12.8. The van der Waals surface area contributed by atoms with Gasteiger partial charge in [0.2, 0.25) is 0 Å². The van der Waals surface area contributed by atoms with Crippen molar-refractivity contribution in [2.75, 3.05) is 13.2 Å². The molecule has 1 atom stereocenters. The summed E-state index contributed by atoms with van der Waals surface area (Å²) in [6.07, 6.45) is 79.5. The minimum absolute atomic E-state index is 0.110. The summed E-state index contributed by atoms with van der Waals surface area (Å²) in [4.78, 5) is 38.1. The lowest BCUT2D eigenvalue weighted by atomic mass is 10.1. The highest BCUT2D eigenvalue weighted by molar-refractivity contribution is 5.71. The monoisotopic (exact) mass is 985 g/mol. The van der Waals surface area contributed by atoms with Crippen molar-refractivity contribution in [1.29, 1.82) is 0 Å². The second kappa shape index (κ2) is 58.6. The van der Waals surface area contributed by atoms with Gasteiger partial charge in [0.05, 0.1) is 0 Å². The van der Waals surface area contributed by atoms with Crippen LogP contribution in [0.25, 0.3) is 0 Å². The lowest BCUT2D eigenvalue weighted by Gasteiger charge is -2.18. The van der Waals surface area contributed by atoms with Crippen LogP contribution in [0.3, 0.4) is 0 Å². The van der Waals surface area contributed by atoms with Gasteiger partial charge < -0.3 is 14.2 Å². The number of ether oxygens (including phenoxy) is 3. The van der Waals surface area contributed by atoms with Gasteiger partial charge in [-0.15, -0.1) is 0 Å². The van der Waals surface area contributed by atoms with Crippen molar-refractivity contribution in [3.63, 3.8) is 0 Å². The fourth-order valence-electron chi connectivity index (χ4n) is 7.89. The van der Waals surface area contributed by atoms with Crippen LogP contribution in [0.2, 0.25) is 0 Å². The Morgan fingerprint density at radius 1 is 0.296 bits per heavy atom. The molecule has 0 saturated heterocycles. The number of hydrogen-bond donors (Lipinski definition) is 0. The zero-order chi connectivity index (χ0) is 51.4. The average Bonchev–Trinajstić information content (AvgIpc) is 3.37. The van der Waals surface area contributed by atoms with Gasteiger partial charge in [0, 0.05) is 19.3 Å². The standard InChI is InChI=1S/C65H108O6/c1-4-7-10-13-16-19-22-24-26-28-30-31-32-33-35-36-38-40-43-46-49-52-55-58-64(67)70-61-62(60-69-63(66)57-54-51-48-45-42-21-18-15-12-9-6-3)71-65(68)59-56-53-50-47-44-41-39-37-34-29-27-25-23-20-17-14-11-8-5-2/h8,11,17,20,22,24-25,27-28,30,32-34,37,41,44,50,53,62H,4-7,9-10,12-16,18-19,21,23,26,29,31,35-36,38-40,42-43,45-49,51-52,54-61H2,1-3H3/b11-8-,20-17-,24-22-,27-25-,30-28-,33-32-,37-34-,44-41-,53-50-. The molecule has 6 heteroatoms. The lowest BCUT2D eigenvalue weighted by Crippen LogP contribution is -2.30. The van der Waals surface area contributed by atoms with Crippen LogP contribution < -0.4 is 0 Å². The number of rotatable bonds is 52. The Morgan fingerprint density at radius 3 is 0.915 bits per heavy atom. The number of hydrogen-bond acceptors (Lipinski definition) is 6. The van der Waals surface area contributed by atoms with E-state index >= 15 is 0 Å². The van der Waals surface area contributed by atoms with Gasteiger partial charge in [-0.2, -0.15) is 0 Å². The van der Waals surface area contributed by atoms with E-state index in [-0.39, 0.29) is 31.6 Å². The predicted molar refractivity (Wildman–Crippen MR) is 307 cm³/mol. The van der Waals surface area contributed by atoms with Crippen LogP contribution in [0.15, 0.2) is 109 Å². The van der Waals surface area contributed by atoms with Gasteiger partial charge in [0.1, 0.15) is 13.2 Å². The maximum atomic E-state index is 12.8. The van der Waals surface area contributed by atoms with Crippen LogP contribution in [0.1, 0.15) is 265 Å². The molecule has 0 aromatic heterocycles. The third-order valence-corrected chi connectivity index (χ3v) is 12.3. The Hall–Kier alpha value is -3.93. The summed E-state index contributed by atoms with van der Waals surface area (Å²) in [5.41, 5.74) is 0. The first-order chi connectivity index (χ1) is 35.0. The molecule has 0 N–H and O–H groups in total. The second-order valence-corrected chi connectivity index (χ2v) is 19.2. The van der Waals surface area contributed by atoms with E-state index in [1.165, 1.54) is 122 Å².